The van der Waals surface area contributed by atoms with Crippen molar-refractivity contribution < 1.29 is 4.79 Å². The highest BCUT2D eigenvalue weighted by Gasteiger charge is 2.24. The van der Waals surface area contributed by atoms with Crippen LogP contribution in [-0.4, -0.2) is 48.0 Å². The van der Waals surface area contributed by atoms with Crippen molar-refractivity contribution in [1.82, 2.24) is 20.5 Å². The van der Waals surface area contributed by atoms with Gasteiger partial charge in [-0.05, 0) is 51.6 Å². The molecule has 3 heterocycles. The summed E-state index contributed by atoms with van der Waals surface area (Å²) in [6.45, 7) is 7.08. The molecule has 2 saturated heterocycles. The van der Waals surface area contributed by atoms with Gasteiger partial charge in [0.15, 0.2) is 0 Å². The van der Waals surface area contributed by atoms with Crippen LogP contribution in [0.1, 0.15) is 35.6 Å². The molecular formula is C16H26N4OS. The zero-order chi connectivity index (χ0) is 15.4. The van der Waals surface area contributed by atoms with Gasteiger partial charge in [-0.3, -0.25) is 9.69 Å². The SMILES string of the molecule is Cc1ncc(CN2CCCC(CNC(=O)C3CCCN3)C2)s1. The van der Waals surface area contributed by atoms with Crippen molar-refractivity contribution in [3.63, 3.8) is 0 Å². The number of carbonyl (C=O) groups excluding carboxylic acids is 1. The molecule has 2 unspecified atom stereocenters. The highest BCUT2D eigenvalue weighted by Crippen LogP contribution is 2.20. The first-order chi connectivity index (χ1) is 10.7. The Kier molecular flexibility index (Phi) is 5.44. The van der Waals surface area contributed by atoms with Gasteiger partial charge in [0.2, 0.25) is 5.91 Å². The molecule has 5 nitrogen and oxygen atoms in total. The maximum Gasteiger partial charge on any atom is 0.237 e. The molecule has 2 aliphatic heterocycles. The van der Waals surface area contributed by atoms with Crippen molar-refractivity contribution in [2.24, 2.45) is 5.92 Å². The van der Waals surface area contributed by atoms with E-state index >= 15 is 0 Å². The molecule has 2 fully saturated rings. The average molecular weight is 322 g/mol. The third-order valence-electron chi connectivity index (χ3n) is 4.59. The maximum absolute atomic E-state index is 12.1. The molecule has 3 rings (SSSR count). The van der Waals surface area contributed by atoms with Gasteiger partial charge in [0, 0.05) is 30.7 Å². The number of nitrogens with zero attached hydrogens (tertiary/aromatic N) is 2. The third kappa shape index (κ3) is 4.27. The topological polar surface area (TPSA) is 57.3 Å². The van der Waals surface area contributed by atoms with Crippen molar-refractivity contribution >= 4 is 17.2 Å². The van der Waals surface area contributed by atoms with Crippen molar-refractivity contribution in [2.75, 3.05) is 26.2 Å². The van der Waals surface area contributed by atoms with Gasteiger partial charge in [-0.2, -0.15) is 0 Å². The van der Waals surface area contributed by atoms with E-state index in [1.807, 2.05) is 6.20 Å². The van der Waals surface area contributed by atoms with Crippen LogP contribution in [0.3, 0.4) is 0 Å². The summed E-state index contributed by atoms with van der Waals surface area (Å²) in [6.07, 6.45) is 6.53. The van der Waals surface area contributed by atoms with Gasteiger partial charge in [0.25, 0.3) is 0 Å². The van der Waals surface area contributed by atoms with Gasteiger partial charge in [-0.1, -0.05) is 0 Å². The Bertz CT molecular complexity index is 498. The van der Waals surface area contributed by atoms with E-state index in [0.717, 1.165) is 50.6 Å². The molecule has 22 heavy (non-hydrogen) atoms. The molecule has 2 aliphatic rings. The molecule has 122 valence electrons. The van der Waals surface area contributed by atoms with Gasteiger partial charge < -0.3 is 10.6 Å². The summed E-state index contributed by atoms with van der Waals surface area (Å²) >= 11 is 1.79. The summed E-state index contributed by atoms with van der Waals surface area (Å²) in [5, 5.41) is 7.54. The van der Waals surface area contributed by atoms with Crippen LogP contribution in [0.2, 0.25) is 0 Å². The van der Waals surface area contributed by atoms with E-state index in [4.69, 9.17) is 0 Å². The molecule has 0 radical (unpaired) electrons. The highest BCUT2D eigenvalue weighted by atomic mass is 32.1. The van der Waals surface area contributed by atoms with E-state index in [1.165, 1.54) is 17.7 Å². The Morgan fingerprint density at radius 2 is 2.41 bits per heavy atom. The fraction of sp³-hybridized carbons (Fsp3) is 0.750. The molecule has 0 saturated carbocycles. The average Bonchev–Trinajstić information content (AvgIpc) is 3.17. The number of hydrogen-bond donors (Lipinski definition) is 2. The summed E-state index contributed by atoms with van der Waals surface area (Å²) in [5.74, 6) is 0.765. The fourth-order valence-electron chi connectivity index (χ4n) is 3.44. The molecule has 1 aromatic rings. The number of aryl methyl sites for hydroxylation is 1. The Hall–Kier alpha value is -0.980. The number of nitrogens with one attached hydrogen (secondary N) is 2. The zero-order valence-corrected chi connectivity index (χ0v) is 14.1. The summed E-state index contributed by atoms with van der Waals surface area (Å²) in [5.41, 5.74) is 0. The van der Waals surface area contributed by atoms with Crippen LogP contribution >= 0.6 is 11.3 Å². The lowest BCUT2D eigenvalue weighted by Gasteiger charge is -2.32. The van der Waals surface area contributed by atoms with Gasteiger partial charge >= 0.3 is 0 Å². The molecule has 1 amide bonds. The Morgan fingerprint density at radius 1 is 1.50 bits per heavy atom. The second-order valence-corrected chi connectivity index (χ2v) is 7.80. The summed E-state index contributed by atoms with van der Waals surface area (Å²) in [7, 11) is 0. The second-order valence-electron chi connectivity index (χ2n) is 6.48. The first-order valence-electron chi connectivity index (χ1n) is 8.35. The smallest absolute Gasteiger partial charge is 0.237 e. The third-order valence-corrected chi connectivity index (χ3v) is 5.49. The minimum absolute atomic E-state index is 0.0415. The molecule has 6 heteroatoms. The van der Waals surface area contributed by atoms with Gasteiger partial charge in [0.05, 0.1) is 11.0 Å². The molecule has 2 atom stereocenters. The summed E-state index contributed by atoms with van der Waals surface area (Å²) < 4.78 is 0. The predicted molar refractivity (Wildman–Crippen MR) is 88.9 cm³/mol. The van der Waals surface area contributed by atoms with Crippen LogP contribution in [0, 0.1) is 12.8 Å². The van der Waals surface area contributed by atoms with Gasteiger partial charge in [-0.25, -0.2) is 4.98 Å². The van der Waals surface area contributed by atoms with E-state index in [-0.39, 0.29) is 11.9 Å². The van der Waals surface area contributed by atoms with E-state index in [2.05, 4.69) is 27.4 Å². The molecule has 0 spiro atoms. The van der Waals surface area contributed by atoms with Crippen LogP contribution in [-0.2, 0) is 11.3 Å². The minimum atomic E-state index is 0.0415. The number of aromatic nitrogens is 1. The molecule has 0 aromatic carbocycles. The lowest BCUT2D eigenvalue weighted by atomic mass is 9.98. The lowest BCUT2D eigenvalue weighted by Crippen LogP contribution is -2.45. The zero-order valence-electron chi connectivity index (χ0n) is 13.3. The van der Waals surface area contributed by atoms with E-state index in [9.17, 15) is 4.79 Å². The van der Waals surface area contributed by atoms with Crippen LogP contribution in [0.25, 0.3) is 0 Å². The summed E-state index contributed by atoms with van der Waals surface area (Å²) in [6, 6.07) is 0.0415. The van der Waals surface area contributed by atoms with Crippen LogP contribution in [0.15, 0.2) is 6.20 Å². The first kappa shape index (κ1) is 15.9. The van der Waals surface area contributed by atoms with Crippen LogP contribution in [0.5, 0.6) is 0 Å². The number of carbonyl (C=O) groups is 1. The van der Waals surface area contributed by atoms with E-state index < -0.39 is 0 Å². The van der Waals surface area contributed by atoms with Crippen LogP contribution in [0.4, 0.5) is 0 Å². The maximum atomic E-state index is 12.1. The van der Waals surface area contributed by atoms with E-state index in [1.54, 1.807) is 11.3 Å². The minimum Gasteiger partial charge on any atom is -0.354 e. The molecule has 2 N–H and O–H groups in total. The second kappa shape index (κ2) is 7.53. The molecule has 0 aliphatic carbocycles. The van der Waals surface area contributed by atoms with Gasteiger partial charge in [0.1, 0.15) is 0 Å². The monoisotopic (exact) mass is 322 g/mol. The predicted octanol–water partition coefficient (Wildman–Crippen LogP) is 1.53. The molecule has 0 bridgehead atoms. The number of likely N-dealkylation sites (tertiary alicyclic amines) is 1. The van der Waals surface area contributed by atoms with Gasteiger partial charge in [-0.15, -0.1) is 11.3 Å². The first-order valence-corrected chi connectivity index (χ1v) is 9.17. The highest BCUT2D eigenvalue weighted by molar-refractivity contribution is 7.11. The molecule has 1 aromatic heterocycles. The largest absolute Gasteiger partial charge is 0.354 e. The Balaban J connectivity index is 1.43. The van der Waals surface area contributed by atoms with Crippen molar-refractivity contribution in [3.8, 4) is 0 Å². The van der Waals surface area contributed by atoms with E-state index in [0.29, 0.717) is 5.92 Å². The van der Waals surface area contributed by atoms with Crippen molar-refractivity contribution in [2.45, 2.75) is 45.2 Å². The number of piperidine rings is 1. The van der Waals surface area contributed by atoms with Crippen molar-refractivity contribution in [1.29, 1.82) is 0 Å². The summed E-state index contributed by atoms with van der Waals surface area (Å²) in [4.78, 5) is 20.2. The molecular weight excluding hydrogens is 296 g/mol. The Morgan fingerprint density at radius 3 is 3.14 bits per heavy atom. The Labute approximate surface area is 136 Å². The number of hydrogen-bond acceptors (Lipinski definition) is 5. The fourth-order valence-corrected chi connectivity index (χ4v) is 4.27. The number of thiazole rings is 1. The van der Waals surface area contributed by atoms with Crippen molar-refractivity contribution in [3.05, 3.63) is 16.1 Å². The normalized spacial score (nSPS) is 26.2. The number of rotatable bonds is 5. The van der Waals surface area contributed by atoms with Crippen LogP contribution < -0.4 is 10.6 Å². The lowest BCUT2D eigenvalue weighted by molar-refractivity contribution is -0.123. The number of amides is 1. The standard InChI is InChI=1S/C16H26N4OS/c1-12-18-9-14(22-12)11-20-7-3-4-13(10-20)8-19-16(21)15-5-2-6-17-15/h9,13,15,17H,2-8,10-11H2,1H3,(H,19,21). The quantitative estimate of drug-likeness (QED) is 0.863.